The number of hydrogen-bond acceptors (Lipinski definition) is 7. The fraction of sp³-hybridized carbons (Fsp3) is 0.312. The van der Waals surface area contributed by atoms with Crippen molar-refractivity contribution in [1.82, 2.24) is 19.5 Å². The van der Waals surface area contributed by atoms with Gasteiger partial charge < -0.3 is 19.8 Å². The molecule has 24 heavy (non-hydrogen) atoms. The molecule has 0 bridgehead atoms. The number of methoxy groups -OCH3 is 1. The van der Waals surface area contributed by atoms with Crippen LogP contribution in [-0.2, 0) is 0 Å². The van der Waals surface area contributed by atoms with Crippen LogP contribution in [0.2, 0.25) is 0 Å². The van der Waals surface area contributed by atoms with Crippen molar-refractivity contribution in [2.45, 2.75) is 0 Å². The molecular formula is C16H19N5O3. The van der Waals surface area contributed by atoms with Crippen molar-refractivity contribution in [2.75, 3.05) is 38.3 Å². The minimum Gasteiger partial charge on any atom is -0.497 e. The third-order valence-electron chi connectivity index (χ3n) is 3.70. The van der Waals surface area contributed by atoms with Gasteiger partial charge in [-0.2, -0.15) is 0 Å². The van der Waals surface area contributed by atoms with Crippen LogP contribution in [0.15, 0.2) is 36.9 Å². The highest BCUT2D eigenvalue weighted by Gasteiger charge is 2.16. The van der Waals surface area contributed by atoms with Crippen LogP contribution in [-0.4, -0.2) is 63.1 Å². The van der Waals surface area contributed by atoms with Crippen LogP contribution in [0.4, 0.5) is 5.82 Å². The first kappa shape index (κ1) is 16.2. The summed E-state index contributed by atoms with van der Waals surface area (Å²) in [4.78, 5) is 14.8. The Morgan fingerprint density at radius 3 is 2.38 bits per heavy atom. The number of aliphatic hydroxyl groups is 2. The average molecular weight is 329 g/mol. The van der Waals surface area contributed by atoms with Gasteiger partial charge in [-0.15, -0.1) is 0 Å². The van der Waals surface area contributed by atoms with Crippen LogP contribution in [0.25, 0.3) is 16.9 Å². The molecule has 2 heterocycles. The van der Waals surface area contributed by atoms with Gasteiger partial charge in [0.25, 0.3) is 0 Å². The minimum absolute atomic E-state index is 0.0370. The first-order chi connectivity index (χ1) is 11.8. The third-order valence-corrected chi connectivity index (χ3v) is 3.70. The van der Waals surface area contributed by atoms with Crippen molar-refractivity contribution in [2.24, 2.45) is 0 Å². The summed E-state index contributed by atoms with van der Waals surface area (Å²) in [5, 5.41) is 18.5. The summed E-state index contributed by atoms with van der Waals surface area (Å²) in [6.07, 6.45) is 3.14. The molecule has 0 saturated carbocycles. The van der Waals surface area contributed by atoms with Crippen molar-refractivity contribution in [1.29, 1.82) is 0 Å². The van der Waals surface area contributed by atoms with E-state index in [1.54, 1.807) is 18.3 Å². The molecule has 0 fully saturated rings. The Morgan fingerprint density at radius 1 is 1.04 bits per heavy atom. The number of hydrogen-bond donors (Lipinski definition) is 2. The highest BCUT2D eigenvalue weighted by atomic mass is 16.5. The van der Waals surface area contributed by atoms with E-state index in [4.69, 9.17) is 4.74 Å². The zero-order valence-electron chi connectivity index (χ0n) is 13.3. The Labute approximate surface area is 139 Å². The van der Waals surface area contributed by atoms with Gasteiger partial charge in [0.1, 0.15) is 18.4 Å². The van der Waals surface area contributed by atoms with Crippen LogP contribution < -0.4 is 9.64 Å². The summed E-state index contributed by atoms with van der Waals surface area (Å²) in [6, 6.07) is 7.57. The quantitative estimate of drug-likeness (QED) is 0.656. The highest BCUT2D eigenvalue weighted by molar-refractivity contribution is 5.84. The number of rotatable bonds is 7. The van der Waals surface area contributed by atoms with Gasteiger partial charge in [-0.3, -0.25) is 4.57 Å². The molecule has 2 aromatic heterocycles. The molecule has 0 aliphatic heterocycles. The van der Waals surface area contributed by atoms with E-state index in [9.17, 15) is 10.2 Å². The molecule has 8 heteroatoms. The van der Waals surface area contributed by atoms with Gasteiger partial charge in [0.2, 0.25) is 0 Å². The van der Waals surface area contributed by atoms with Gasteiger partial charge in [0.05, 0.1) is 20.3 Å². The molecule has 1 aromatic carbocycles. The number of aliphatic hydroxyl groups excluding tert-OH is 2. The summed E-state index contributed by atoms with van der Waals surface area (Å²) < 4.78 is 7.03. The minimum atomic E-state index is -0.0370. The largest absolute Gasteiger partial charge is 0.497 e. The van der Waals surface area contributed by atoms with Gasteiger partial charge in [-0.05, 0) is 24.3 Å². The van der Waals surface area contributed by atoms with E-state index in [0.29, 0.717) is 30.1 Å². The number of anilines is 1. The Morgan fingerprint density at radius 2 is 1.75 bits per heavy atom. The molecule has 0 aliphatic carbocycles. The van der Waals surface area contributed by atoms with Crippen molar-refractivity contribution in [3.05, 3.63) is 36.9 Å². The number of nitrogens with zero attached hydrogens (tertiary/aromatic N) is 5. The van der Waals surface area contributed by atoms with Gasteiger partial charge >= 0.3 is 0 Å². The Hall–Kier alpha value is -2.71. The normalized spacial score (nSPS) is 11.0. The maximum atomic E-state index is 9.23. The lowest BCUT2D eigenvalue weighted by Crippen LogP contribution is -2.30. The molecule has 0 saturated heterocycles. The molecule has 8 nitrogen and oxygen atoms in total. The lowest BCUT2D eigenvalue weighted by molar-refractivity contribution is 0.281. The fourth-order valence-electron chi connectivity index (χ4n) is 2.55. The second-order valence-corrected chi connectivity index (χ2v) is 5.12. The molecule has 0 aliphatic rings. The van der Waals surface area contributed by atoms with Crippen LogP contribution in [0.1, 0.15) is 0 Å². The number of benzene rings is 1. The second-order valence-electron chi connectivity index (χ2n) is 5.12. The topological polar surface area (TPSA) is 96.5 Å². The number of fused-ring (bicyclic) bond motifs is 1. The SMILES string of the molecule is COc1ccc(-n2cnc3c(N(CCO)CCO)ncnc32)cc1. The van der Waals surface area contributed by atoms with Gasteiger partial charge in [0.15, 0.2) is 17.0 Å². The Kier molecular flexibility index (Phi) is 4.88. The van der Waals surface area contributed by atoms with E-state index in [0.717, 1.165) is 11.4 Å². The number of imidazole rings is 1. The van der Waals surface area contributed by atoms with E-state index >= 15 is 0 Å². The third kappa shape index (κ3) is 3.01. The van der Waals surface area contributed by atoms with Crippen LogP contribution in [0.5, 0.6) is 5.75 Å². The smallest absolute Gasteiger partial charge is 0.170 e. The van der Waals surface area contributed by atoms with Crippen molar-refractivity contribution in [3.63, 3.8) is 0 Å². The van der Waals surface area contributed by atoms with E-state index < -0.39 is 0 Å². The Bertz CT molecular complexity index is 797. The molecule has 3 aromatic rings. The highest BCUT2D eigenvalue weighted by Crippen LogP contribution is 2.24. The first-order valence-corrected chi connectivity index (χ1v) is 7.57. The molecular weight excluding hydrogens is 310 g/mol. The van der Waals surface area contributed by atoms with E-state index in [1.165, 1.54) is 6.33 Å². The van der Waals surface area contributed by atoms with Crippen molar-refractivity contribution in [3.8, 4) is 11.4 Å². The van der Waals surface area contributed by atoms with E-state index in [-0.39, 0.29) is 13.2 Å². The molecule has 0 unspecified atom stereocenters. The van der Waals surface area contributed by atoms with Crippen molar-refractivity contribution < 1.29 is 14.9 Å². The zero-order chi connectivity index (χ0) is 16.9. The van der Waals surface area contributed by atoms with E-state index in [2.05, 4.69) is 15.0 Å². The van der Waals surface area contributed by atoms with Crippen LogP contribution in [0, 0.1) is 0 Å². The lowest BCUT2D eigenvalue weighted by Gasteiger charge is -2.21. The number of ether oxygens (including phenoxy) is 1. The van der Waals surface area contributed by atoms with Crippen molar-refractivity contribution >= 4 is 17.0 Å². The van der Waals surface area contributed by atoms with Gasteiger partial charge in [0, 0.05) is 18.8 Å². The van der Waals surface area contributed by atoms with Crippen LogP contribution in [0.3, 0.4) is 0 Å². The maximum absolute atomic E-state index is 9.23. The summed E-state index contributed by atoms with van der Waals surface area (Å²) >= 11 is 0. The predicted molar refractivity (Wildman–Crippen MR) is 89.6 cm³/mol. The first-order valence-electron chi connectivity index (χ1n) is 7.57. The van der Waals surface area contributed by atoms with E-state index in [1.807, 2.05) is 28.8 Å². The monoisotopic (exact) mass is 329 g/mol. The summed E-state index contributed by atoms with van der Waals surface area (Å²) in [5.74, 6) is 1.37. The number of aromatic nitrogens is 4. The summed E-state index contributed by atoms with van der Waals surface area (Å²) in [6.45, 7) is 0.652. The average Bonchev–Trinajstić information content (AvgIpc) is 3.06. The lowest BCUT2D eigenvalue weighted by atomic mass is 10.3. The summed E-state index contributed by atoms with van der Waals surface area (Å²) in [7, 11) is 1.62. The molecule has 2 N–H and O–H groups in total. The molecule has 126 valence electrons. The molecule has 3 rings (SSSR count). The maximum Gasteiger partial charge on any atom is 0.170 e. The Balaban J connectivity index is 2.04. The molecule has 0 amide bonds. The zero-order valence-corrected chi connectivity index (χ0v) is 13.3. The summed E-state index contributed by atoms with van der Waals surface area (Å²) in [5.41, 5.74) is 2.18. The molecule has 0 spiro atoms. The van der Waals surface area contributed by atoms with Gasteiger partial charge in [-0.1, -0.05) is 0 Å². The van der Waals surface area contributed by atoms with Gasteiger partial charge in [-0.25, -0.2) is 15.0 Å². The molecule has 0 atom stereocenters. The fourth-order valence-corrected chi connectivity index (χ4v) is 2.55. The van der Waals surface area contributed by atoms with Crippen LogP contribution >= 0.6 is 0 Å². The molecule has 0 radical (unpaired) electrons. The predicted octanol–water partition coefficient (Wildman–Crippen LogP) is 0.615. The second kappa shape index (κ2) is 7.24. The standard InChI is InChI=1S/C16H19N5O3/c1-24-13-4-2-12(3-5-13)21-11-19-14-15(17-10-18-16(14)21)20(6-8-22)7-9-23/h2-5,10-11,22-23H,6-9H2,1H3.